The van der Waals surface area contributed by atoms with Crippen LogP contribution in [0.3, 0.4) is 0 Å². The number of ether oxygens (including phenoxy) is 3. The second-order valence-electron chi connectivity index (χ2n) is 17.1. The largest absolute Gasteiger partial charge is 0.466 e. The molecule has 3 fully saturated rings. The van der Waals surface area contributed by atoms with E-state index < -0.39 is 0 Å². The number of carbonyl (C=O) groups is 3. The first-order valence-electron chi connectivity index (χ1n) is 23.0. The van der Waals surface area contributed by atoms with Crippen molar-refractivity contribution in [2.75, 3.05) is 26.8 Å². The van der Waals surface area contributed by atoms with Gasteiger partial charge in [0.1, 0.15) is 6.10 Å². The number of fused-ring (bicyclic) bond motifs is 3. The third-order valence-corrected chi connectivity index (χ3v) is 12.4. The molecule has 0 radical (unpaired) electrons. The zero-order valence-corrected chi connectivity index (χ0v) is 35.1. The summed E-state index contributed by atoms with van der Waals surface area (Å²) in [5.41, 5.74) is 0.289. The van der Waals surface area contributed by atoms with Crippen molar-refractivity contribution in [3.63, 3.8) is 0 Å². The smallest absolute Gasteiger partial charge is 0.306 e. The molecule has 1 atom stereocenters. The lowest BCUT2D eigenvalue weighted by molar-refractivity contribution is -0.150. The standard InChI is InChI=1S/C46H85NO6/c1-4-6-8-16-23-40(24-17-9-7-5-2)33-38-51-43(48)27-20-14-10-12-18-25-42(53-45(50)29-22-37-47-3)26-19-13-11-15-21-28-44(49)52-39-46-34-30-41(31-35-46)32-36-46/h40-42,47H,4-39H2,1-3H3. The normalized spacial score (nSPS) is 18.7. The quantitative estimate of drug-likeness (QED) is 0.0387. The number of carbonyl (C=O) groups excluding carboxylic acids is 3. The summed E-state index contributed by atoms with van der Waals surface area (Å²) < 4.78 is 17.4. The molecule has 0 amide bonds. The second-order valence-corrected chi connectivity index (χ2v) is 17.1. The summed E-state index contributed by atoms with van der Waals surface area (Å²) in [4.78, 5) is 37.3. The lowest BCUT2D eigenvalue weighted by Crippen LogP contribution is -2.38. The van der Waals surface area contributed by atoms with Crippen molar-refractivity contribution in [3.05, 3.63) is 0 Å². The zero-order valence-electron chi connectivity index (χ0n) is 35.1. The number of hydrogen-bond acceptors (Lipinski definition) is 7. The minimum absolute atomic E-state index is 0.0154. The number of nitrogens with one attached hydrogen (secondary N) is 1. The molecule has 0 aliphatic heterocycles. The molecule has 0 aromatic rings. The molecule has 53 heavy (non-hydrogen) atoms. The Morgan fingerprint density at radius 3 is 1.58 bits per heavy atom. The van der Waals surface area contributed by atoms with E-state index in [4.69, 9.17) is 14.2 Å². The molecule has 0 heterocycles. The van der Waals surface area contributed by atoms with Gasteiger partial charge in [0.25, 0.3) is 0 Å². The maximum Gasteiger partial charge on any atom is 0.306 e. The van der Waals surface area contributed by atoms with Crippen LogP contribution in [0.5, 0.6) is 0 Å². The molecule has 3 rings (SSSR count). The molecule has 0 saturated heterocycles. The lowest BCUT2D eigenvalue weighted by Gasteiger charge is -2.46. The Hall–Kier alpha value is -1.63. The van der Waals surface area contributed by atoms with Crippen LogP contribution in [0.4, 0.5) is 0 Å². The number of unbranched alkanes of at least 4 members (excludes halogenated alkanes) is 14. The third kappa shape index (κ3) is 24.5. The summed E-state index contributed by atoms with van der Waals surface area (Å²) in [5, 5.41) is 3.10. The van der Waals surface area contributed by atoms with Gasteiger partial charge in [-0.05, 0) is 115 Å². The van der Waals surface area contributed by atoms with Crippen LogP contribution in [-0.2, 0) is 28.6 Å². The fourth-order valence-electron chi connectivity index (χ4n) is 8.69. The average molecular weight is 748 g/mol. The number of esters is 3. The van der Waals surface area contributed by atoms with Gasteiger partial charge in [0.15, 0.2) is 0 Å². The molecule has 0 aromatic heterocycles. The first kappa shape index (κ1) is 47.5. The highest BCUT2D eigenvalue weighted by Gasteiger charge is 2.41. The van der Waals surface area contributed by atoms with Gasteiger partial charge in [0.2, 0.25) is 0 Å². The fourth-order valence-corrected chi connectivity index (χ4v) is 8.69. The van der Waals surface area contributed by atoms with Crippen molar-refractivity contribution in [3.8, 4) is 0 Å². The van der Waals surface area contributed by atoms with E-state index in [9.17, 15) is 14.4 Å². The fraction of sp³-hybridized carbons (Fsp3) is 0.935. The summed E-state index contributed by atoms with van der Waals surface area (Å²) >= 11 is 0. The van der Waals surface area contributed by atoms with Crippen molar-refractivity contribution >= 4 is 17.9 Å². The SMILES string of the molecule is CCCCCCC(CCCCCC)CCOC(=O)CCCCCCCC(CCCCCCCC(=O)OCC12CCC(CC1)CC2)OC(=O)CCCNC. The van der Waals surface area contributed by atoms with E-state index in [1.807, 2.05) is 7.05 Å². The molecule has 1 unspecified atom stereocenters. The molecule has 3 saturated carbocycles. The third-order valence-electron chi connectivity index (χ3n) is 12.4. The van der Waals surface area contributed by atoms with Crippen LogP contribution in [-0.4, -0.2) is 50.8 Å². The van der Waals surface area contributed by atoms with Crippen LogP contribution in [0, 0.1) is 17.3 Å². The van der Waals surface area contributed by atoms with Gasteiger partial charge >= 0.3 is 17.9 Å². The maximum atomic E-state index is 12.5. The monoisotopic (exact) mass is 748 g/mol. The van der Waals surface area contributed by atoms with Gasteiger partial charge in [-0.25, -0.2) is 0 Å². The predicted octanol–water partition coefficient (Wildman–Crippen LogP) is 12.4. The highest BCUT2D eigenvalue weighted by molar-refractivity contribution is 5.70. The van der Waals surface area contributed by atoms with Gasteiger partial charge in [0.05, 0.1) is 13.2 Å². The van der Waals surface area contributed by atoms with Crippen molar-refractivity contribution in [1.29, 1.82) is 0 Å². The molecule has 0 aromatic carbocycles. The van der Waals surface area contributed by atoms with Crippen LogP contribution in [0.25, 0.3) is 0 Å². The highest BCUT2D eigenvalue weighted by atomic mass is 16.5. The Kier molecular flexibility index (Phi) is 28.3. The Morgan fingerprint density at radius 1 is 0.566 bits per heavy atom. The molecular weight excluding hydrogens is 663 g/mol. The maximum absolute atomic E-state index is 12.5. The molecule has 0 spiro atoms. The van der Waals surface area contributed by atoms with Crippen LogP contribution in [0.2, 0.25) is 0 Å². The molecule has 7 heteroatoms. The highest BCUT2D eigenvalue weighted by Crippen LogP contribution is 2.50. The molecule has 1 N–H and O–H groups in total. The van der Waals surface area contributed by atoms with E-state index in [1.54, 1.807) is 0 Å². The van der Waals surface area contributed by atoms with E-state index in [0.29, 0.717) is 38.4 Å². The van der Waals surface area contributed by atoms with Gasteiger partial charge in [-0.3, -0.25) is 14.4 Å². The first-order valence-corrected chi connectivity index (χ1v) is 23.0. The lowest BCUT2D eigenvalue weighted by atomic mass is 9.61. The van der Waals surface area contributed by atoms with Crippen LogP contribution in [0.1, 0.15) is 226 Å². The topological polar surface area (TPSA) is 90.9 Å². The Balaban J connectivity index is 1.54. The molecule has 7 nitrogen and oxygen atoms in total. The zero-order chi connectivity index (χ0) is 38.2. The van der Waals surface area contributed by atoms with E-state index in [0.717, 1.165) is 102 Å². The summed E-state index contributed by atoms with van der Waals surface area (Å²) in [6.45, 7) is 6.57. The van der Waals surface area contributed by atoms with E-state index >= 15 is 0 Å². The van der Waals surface area contributed by atoms with Crippen molar-refractivity contribution in [2.45, 2.75) is 232 Å². The molecule has 3 aliphatic carbocycles. The van der Waals surface area contributed by atoms with Crippen molar-refractivity contribution in [1.82, 2.24) is 5.32 Å². The van der Waals surface area contributed by atoms with Crippen LogP contribution in [0.15, 0.2) is 0 Å². The predicted molar refractivity (Wildman–Crippen MR) is 219 cm³/mol. The Morgan fingerprint density at radius 2 is 1.04 bits per heavy atom. The van der Waals surface area contributed by atoms with Gasteiger partial charge in [-0.2, -0.15) is 0 Å². The molecule has 2 bridgehead atoms. The number of rotatable bonds is 36. The summed E-state index contributed by atoms with van der Waals surface area (Å²) in [6.07, 6.45) is 36.2. The minimum Gasteiger partial charge on any atom is -0.466 e. The molecule has 310 valence electrons. The van der Waals surface area contributed by atoms with E-state index in [1.165, 1.54) is 103 Å². The molecular formula is C46H85NO6. The molecule has 3 aliphatic rings. The van der Waals surface area contributed by atoms with E-state index in [2.05, 4.69) is 19.2 Å². The van der Waals surface area contributed by atoms with Gasteiger partial charge in [-0.1, -0.05) is 117 Å². The van der Waals surface area contributed by atoms with Crippen molar-refractivity contribution in [2.24, 2.45) is 17.3 Å². The van der Waals surface area contributed by atoms with Gasteiger partial charge in [-0.15, -0.1) is 0 Å². The summed E-state index contributed by atoms with van der Waals surface area (Å²) in [6, 6.07) is 0. The number of hydrogen-bond donors (Lipinski definition) is 1. The van der Waals surface area contributed by atoms with Gasteiger partial charge < -0.3 is 19.5 Å². The summed E-state index contributed by atoms with van der Waals surface area (Å²) in [5.74, 6) is 1.49. The summed E-state index contributed by atoms with van der Waals surface area (Å²) in [7, 11) is 1.91. The minimum atomic E-state index is -0.0811. The Labute approximate surface area is 327 Å². The van der Waals surface area contributed by atoms with Gasteiger partial charge in [0, 0.05) is 24.7 Å². The van der Waals surface area contributed by atoms with Crippen LogP contribution < -0.4 is 5.32 Å². The van der Waals surface area contributed by atoms with Crippen molar-refractivity contribution < 1.29 is 28.6 Å². The Bertz CT molecular complexity index is 890. The first-order chi connectivity index (χ1) is 25.9. The van der Waals surface area contributed by atoms with E-state index in [-0.39, 0.29) is 29.4 Å². The van der Waals surface area contributed by atoms with Crippen LogP contribution >= 0.6 is 0 Å². The second kappa shape index (κ2) is 31.6. The average Bonchev–Trinajstić information content (AvgIpc) is 3.17.